The number of ether oxygens (including phenoxy) is 2. The molecule has 2 heterocycles. The third-order valence-corrected chi connectivity index (χ3v) is 4.42. The highest BCUT2D eigenvalue weighted by Gasteiger charge is 2.18. The largest absolute Gasteiger partial charge is 0.494 e. The fraction of sp³-hybridized carbons (Fsp3) is 0.250. The van der Waals surface area contributed by atoms with E-state index in [2.05, 4.69) is 15.6 Å². The van der Waals surface area contributed by atoms with Gasteiger partial charge in [0.2, 0.25) is 0 Å². The fourth-order valence-electron chi connectivity index (χ4n) is 2.37. The van der Waals surface area contributed by atoms with Crippen molar-refractivity contribution in [2.24, 2.45) is 0 Å². The Balaban J connectivity index is 1.70. The summed E-state index contributed by atoms with van der Waals surface area (Å²) in [6, 6.07) is 8.41. The number of aromatic nitrogens is 1. The van der Waals surface area contributed by atoms with Crippen LogP contribution in [0.5, 0.6) is 5.75 Å². The second-order valence-corrected chi connectivity index (χ2v) is 7.87. The predicted molar refractivity (Wildman–Crippen MR) is 111 cm³/mol. The number of furan rings is 1. The molecule has 0 atom stereocenters. The maximum absolute atomic E-state index is 12.5. The topological polar surface area (TPSA) is 103 Å². The van der Waals surface area contributed by atoms with Gasteiger partial charge in [-0.25, -0.2) is 9.78 Å². The predicted octanol–water partition coefficient (Wildman–Crippen LogP) is 5.01. The molecule has 0 saturated heterocycles. The summed E-state index contributed by atoms with van der Waals surface area (Å²) in [5.41, 5.74) is 0.576. The maximum atomic E-state index is 12.5. The van der Waals surface area contributed by atoms with Crippen molar-refractivity contribution >= 4 is 34.7 Å². The van der Waals surface area contributed by atoms with Gasteiger partial charge >= 0.3 is 6.09 Å². The van der Waals surface area contributed by atoms with Crippen LogP contribution in [0.1, 0.15) is 31.3 Å². The minimum Gasteiger partial charge on any atom is -0.494 e. The lowest BCUT2D eigenvalue weighted by Crippen LogP contribution is -2.27. The van der Waals surface area contributed by atoms with Crippen LogP contribution in [0.4, 0.5) is 16.2 Å². The van der Waals surface area contributed by atoms with Crippen molar-refractivity contribution in [2.75, 3.05) is 17.7 Å². The number of carbonyl (C=O) groups is 2. The van der Waals surface area contributed by atoms with Crippen LogP contribution in [0.3, 0.4) is 0 Å². The Morgan fingerprint density at radius 3 is 2.62 bits per heavy atom. The average molecular weight is 415 g/mol. The molecule has 2 N–H and O–H groups in total. The van der Waals surface area contributed by atoms with Gasteiger partial charge in [-0.3, -0.25) is 10.1 Å². The number of benzene rings is 1. The van der Waals surface area contributed by atoms with Crippen LogP contribution >= 0.6 is 11.3 Å². The molecule has 0 unspecified atom stereocenters. The molecule has 0 aliphatic rings. The molecule has 8 nitrogen and oxygen atoms in total. The minimum absolute atomic E-state index is 0.274. The molecule has 0 fully saturated rings. The molecule has 0 aliphatic carbocycles. The lowest BCUT2D eigenvalue weighted by atomic mass is 10.2. The summed E-state index contributed by atoms with van der Waals surface area (Å²) in [5.74, 6) is 0.616. The van der Waals surface area contributed by atoms with E-state index < -0.39 is 11.7 Å². The van der Waals surface area contributed by atoms with Crippen LogP contribution in [0.25, 0.3) is 10.8 Å². The zero-order valence-corrected chi connectivity index (χ0v) is 17.3. The maximum Gasteiger partial charge on any atom is 0.412 e. The monoisotopic (exact) mass is 415 g/mol. The van der Waals surface area contributed by atoms with E-state index in [0.717, 1.165) is 0 Å². The van der Waals surface area contributed by atoms with Gasteiger partial charge in [0.1, 0.15) is 17.0 Å². The molecule has 3 rings (SSSR count). The highest BCUT2D eigenvalue weighted by Crippen LogP contribution is 2.29. The van der Waals surface area contributed by atoms with Gasteiger partial charge in [0.25, 0.3) is 5.91 Å². The number of rotatable bonds is 5. The second-order valence-electron chi connectivity index (χ2n) is 7.01. The molecule has 0 saturated carbocycles. The Bertz CT molecular complexity index is 1010. The van der Waals surface area contributed by atoms with Crippen molar-refractivity contribution in [3.63, 3.8) is 0 Å². The van der Waals surface area contributed by atoms with Gasteiger partial charge in [-0.2, -0.15) is 0 Å². The van der Waals surface area contributed by atoms with E-state index in [1.165, 1.54) is 18.4 Å². The Morgan fingerprint density at radius 1 is 1.17 bits per heavy atom. The number of anilines is 2. The number of nitrogens with one attached hydrogen (secondary N) is 2. The molecule has 3 aromatic rings. The van der Waals surface area contributed by atoms with Crippen molar-refractivity contribution in [1.29, 1.82) is 0 Å². The lowest BCUT2D eigenvalue weighted by Gasteiger charge is -2.20. The molecule has 0 bridgehead atoms. The molecule has 2 aromatic heterocycles. The zero-order chi connectivity index (χ0) is 21.0. The molecule has 152 valence electrons. The first-order valence-electron chi connectivity index (χ1n) is 8.74. The van der Waals surface area contributed by atoms with E-state index >= 15 is 0 Å². The molecule has 0 spiro atoms. The van der Waals surface area contributed by atoms with Gasteiger partial charge in [0.05, 0.1) is 19.1 Å². The molecular formula is C20H21N3O5S. The summed E-state index contributed by atoms with van der Waals surface area (Å²) in [6.45, 7) is 5.33. The van der Waals surface area contributed by atoms with Gasteiger partial charge in [-0.1, -0.05) is 0 Å². The van der Waals surface area contributed by atoms with Gasteiger partial charge in [-0.15, -0.1) is 11.3 Å². The molecule has 2 amide bonds. The third kappa shape index (κ3) is 5.35. The summed E-state index contributed by atoms with van der Waals surface area (Å²) in [7, 11) is 1.47. The Labute approximate surface area is 171 Å². The summed E-state index contributed by atoms with van der Waals surface area (Å²) in [6.07, 6.45) is 0.954. The van der Waals surface area contributed by atoms with Crippen LogP contribution in [0.2, 0.25) is 0 Å². The fourth-order valence-corrected chi connectivity index (χ4v) is 3.14. The van der Waals surface area contributed by atoms with E-state index in [1.54, 1.807) is 62.7 Å². The number of hydrogen-bond acceptors (Lipinski definition) is 7. The van der Waals surface area contributed by atoms with Crippen LogP contribution in [-0.2, 0) is 4.74 Å². The number of hydrogen-bond donors (Lipinski definition) is 2. The quantitative estimate of drug-likeness (QED) is 0.607. The van der Waals surface area contributed by atoms with Crippen molar-refractivity contribution in [1.82, 2.24) is 4.98 Å². The highest BCUT2D eigenvalue weighted by atomic mass is 32.1. The van der Waals surface area contributed by atoms with Crippen molar-refractivity contribution in [2.45, 2.75) is 26.4 Å². The number of amides is 2. The molecule has 29 heavy (non-hydrogen) atoms. The van der Waals surface area contributed by atoms with Crippen molar-refractivity contribution in [3.8, 4) is 16.5 Å². The van der Waals surface area contributed by atoms with Crippen LogP contribution < -0.4 is 15.4 Å². The lowest BCUT2D eigenvalue weighted by molar-refractivity contribution is 0.0635. The molecule has 0 aliphatic heterocycles. The zero-order valence-electron chi connectivity index (χ0n) is 16.4. The first-order chi connectivity index (χ1) is 13.7. The Hall–Kier alpha value is -3.33. The first kappa shape index (κ1) is 20.4. The summed E-state index contributed by atoms with van der Waals surface area (Å²) in [5, 5.41) is 7.67. The summed E-state index contributed by atoms with van der Waals surface area (Å²) < 4.78 is 15.8. The standard InChI is InChI=1S/C20H21N3O5S/c1-20(2,3)28-19(25)23-13-8-7-12(10-16(13)26-4)21-17(24)14-11-29-18(22-14)15-6-5-9-27-15/h5-11H,1-4H3,(H,21,24)(H,23,25). The Morgan fingerprint density at radius 2 is 1.97 bits per heavy atom. The van der Waals surface area contributed by atoms with Gasteiger partial charge < -0.3 is 19.2 Å². The first-order valence-corrected chi connectivity index (χ1v) is 9.62. The van der Waals surface area contributed by atoms with Gasteiger partial charge in [0.15, 0.2) is 10.8 Å². The van der Waals surface area contributed by atoms with E-state index in [-0.39, 0.29) is 11.6 Å². The minimum atomic E-state index is -0.618. The number of thiazole rings is 1. The van der Waals surface area contributed by atoms with Crippen LogP contribution in [-0.4, -0.2) is 29.7 Å². The normalized spacial score (nSPS) is 11.0. The SMILES string of the molecule is COc1cc(NC(=O)c2csc(-c3ccco3)n2)ccc1NC(=O)OC(C)(C)C. The second kappa shape index (κ2) is 8.36. The van der Waals surface area contributed by atoms with E-state index in [0.29, 0.717) is 27.9 Å². The summed E-state index contributed by atoms with van der Waals surface area (Å²) in [4.78, 5) is 28.7. The molecule has 1 aromatic carbocycles. The Kier molecular flexibility index (Phi) is 5.88. The van der Waals surface area contributed by atoms with Gasteiger partial charge in [0, 0.05) is 17.1 Å². The van der Waals surface area contributed by atoms with Crippen LogP contribution in [0, 0.1) is 0 Å². The van der Waals surface area contributed by atoms with E-state index in [1.807, 2.05) is 0 Å². The highest BCUT2D eigenvalue weighted by molar-refractivity contribution is 7.13. The van der Waals surface area contributed by atoms with Gasteiger partial charge in [-0.05, 0) is 45.0 Å². The number of nitrogens with zero attached hydrogens (tertiary/aromatic N) is 1. The smallest absolute Gasteiger partial charge is 0.412 e. The van der Waals surface area contributed by atoms with Crippen LogP contribution in [0.15, 0.2) is 46.4 Å². The molecular weight excluding hydrogens is 394 g/mol. The number of carbonyl (C=O) groups excluding carboxylic acids is 2. The van der Waals surface area contributed by atoms with E-state index in [4.69, 9.17) is 13.9 Å². The van der Waals surface area contributed by atoms with Crippen molar-refractivity contribution < 1.29 is 23.5 Å². The average Bonchev–Trinajstić information content (AvgIpc) is 3.32. The number of methoxy groups -OCH3 is 1. The van der Waals surface area contributed by atoms with Crippen molar-refractivity contribution in [3.05, 3.63) is 47.7 Å². The molecule has 9 heteroatoms. The van der Waals surface area contributed by atoms with E-state index in [9.17, 15) is 9.59 Å². The third-order valence-electron chi connectivity index (χ3n) is 3.56. The summed E-state index contributed by atoms with van der Waals surface area (Å²) >= 11 is 1.32. The molecule has 0 radical (unpaired) electrons.